The van der Waals surface area contributed by atoms with Gasteiger partial charge in [-0.25, -0.2) is 9.50 Å². The molecule has 3 aromatic heterocycles. The normalized spacial score (nSPS) is 17.4. The van der Waals surface area contributed by atoms with E-state index in [4.69, 9.17) is 0 Å². The molecule has 0 aliphatic carbocycles. The molecular formula is C18H19N5O2. The summed E-state index contributed by atoms with van der Waals surface area (Å²) in [6.07, 6.45) is 5.01. The van der Waals surface area contributed by atoms with Gasteiger partial charge in [0.05, 0.1) is 17.3 Å². The van der Waals surface area contributed by atoms with Crippen molar-refractivity contribution in [2.45, 2.75) is 32.7 Å². The molecule has 0 bridgehead atoms. The fourth-order valence-electron chi connectivity index (χ4n) is 3.40. The molecular weight excluding hydrogens is 318 g/mol. The number of H-pyrrole nitrogens is 1. The summed E-state index contributed by atoms with van der Waals surface area (Å²) in [5.41, 5.74) is 3.25. The summed E-state index contributed by atoms with van der Waals surface area (Å²) < 4.78 is 1.46. The first-order chi connectivity index (χ1) is 12.1. The van der Waals surface area contributed by atoms with E-state index >= 15 is 0 Å². The van der Waals surface area contributed by atoms with Gasteiger partial charge in [0.25, 0.3) is 11.5 Å². The van der Waals surface area contributed by atoms with Crippen molar-refractivity contribution >= 4 is 11.6 Å². The van der Waals surface area contributed by atoms with E-state index in [-0.39, 0.29) is 17.5 Å². The molecule has 128 valence electrons. The molecule has 1 saturated heterocycles. The molecule has 0 spiro atoms. The van der Waals surface area contributed by atoms with Gasteiger partial charge in [0.2, 0.25) is 0 Å². The molecule has 1 N–H and O–H groups in total. The van der Waals surface area contributed by atoms with E-state index in [1.807, 2.05) is 17.9 Å². The summed E-state index contributed by atoms with van der Waals surface area (Å²) in [5.74, 6) is -0.0399. The lowest BCUT2D eigenvalue weighted by Gasteiger charge is -2.23. The molecule has 0 radical (unpaired) electrons. The molecule has 3 aromatic rings. The number of aromatic amines is 1. The van der Waals surface area contributed by atoms with Crippen LogP contribution in [0.2, 0.25) is 0 Å². The smallest absolute Gasteiger partial charge is 0.275 e. The van der Waals surface area contributed by atoms with E-state index in [0.29, 0.717) is 23.3 Å². The molecule has 1 fully saturated rings. The second-order valence-corrected chi connectivity index (χ2v) is 6.43. The monoisotopic (exact) mass is 337 g/mol. The summed E-state index contributed by atoms with van der Waals surface area (Å²) in [7, 11) is 0. The van der Waals surface area contributed by atoms with Crippen molar-refractivity contribution in [2.24, 2.45) is 0 Å². The van der Waals surface area contributed by atoms with E-state index in [2.05, 4.69) is 15.1 Å². The summed E-state index contributed by atoms with van der Waals surface area (Å²) in [4.78, 5) is 35.6. The van der Waals surface area contributed by atoms with Crippen molar-refractivity contribution in [3.63, 3.8) is 0 Å². The topological polar surface area (TPSA) is 83.4 Å². The molecule has 1 aliphatic rings. The Balaban J connectivity index is 1.73. The second kappa shape index (κ2) is 5.84. The highest BCUT2D eigenvalue weighted by atomic mass is 16.2. The predicted octanol–water partition coefficient (Wildman–Crippen LogP) is 2.01. The summed E-state index contributed by atoms with van der Waals surface area (Å²) in [6, 6.07) is 5.31. The van der Waals surface area contributed by atoms with Gasteiger partial charge in [-0.2, -0.15) is 0 Å². The van der Waals surface area contributed by atoms with Gasteiger partial charge in [0.15, 0.2) is 5.65 Å². The first kappa shape index (κ1) is 15.6. The van der Waals surface area contributed by atoms with Crippen LogP contribution >= 0.6 is 0 Å². The zero-order valence-corrected chi connectivity index (χ0v) is 14.2. The van der Waals surface area contributed by atoms with Crippen LogP contribution in [0.5, 0.6) is 0 Å². The lowest BCUT2D eigenvalue weighted by Crippen LogP contribution is -2.31. The number of amides is 1. The van der Waals surface area contributed by atoms with Crippen LogP contribution in [-0.2, 0) is 0 Å². The quantitative estimate of drug-likeness (QED) is 0.775. The van der Waals surface area contributed by atoms with E-state index in [0.717, 1.165) is 24.2 Å². The third kappa shape index (κ3) is 2.52. The highest BCUT2D eigenvalue weighted by Gasteiger charge is 2.32. The Labute approximate surface area is 144 Å². The molecule has 7 heteroatoms. The lowest BCUT2D eigenvalue weighted by atomic mass is 10.1. The molecule has 1 aliphatic heterocycles. The molecule has 4 rings (SSSR count). The number of carbonyl (C=O) groups excluding carboxylic acids is 1. The van der Waals surface area contributed by atoms with Crippen LogP contribution in [0.3, 0.4) is 0 Å². The molecule has 4 heterocycles. The lowest BCUT2D eigenvalue weighted by molar-refractivity contribution is 0.0732. The molecule has 7 nitrogen and oxygen atoms in total. The number of likely N-dealkylation sites (tertiary alicyclic amines) is 1. The number of hydrogen-bond donors (Lipinski definition) is 1. The van der Waals surface area contributed by atoms with E-state index in [1.54, 1.807) is 31.5 Å². The first-order valence-electron chi connectivity index (χ1n) is 8.36. The number of aryl methyl sites for hydroxylation is 1. The average Bonchev–Trinajstić information content (AvgIpc) is 3.26. The number of fused-ring (bicyclic) bond motifs is 1. The Morgan fingerprint density at radius 1 is 1.36 bits per heavy atom. The molecule has 1 amide bonds. The second-order valence-electron chi connectivity index (χ2n) is 6.43. The molecule has 1 atom stereocenters. The van der Waals surface area contributed by atoms with Crippen LogP contribution < -0.4 is 5.56 Å². The fraction of sp³-hybridized carbons (Fsp3) is 0.333. The van der Waals surface area contributed by atoms with Gasteiger partial charge < -0.3 is 4.90 Å². The van der Waals surface area contributed by atoms with Crippen LogP contribution in [0.15, 0.2) is 35.4 Å². The van der Waals surface area contributed by atoms with Gasteiger partial charge in [-0.1, -0.05) is 0 Å². The molecule has 0 unspecified atom stereocenters. The Morgan fingerprint density at radius 2 is 2.20 bits per heavy atom. The maximum Gasteiger partial charge on any atom is 0.275 e. The standard InChI is InChI=1S/C18H19N5O2/c1-11-12(2)20-16-9-14(21-23(16)17(11)24)15-6-4-8-22(15)18(25)13-5-3-7-19-10-13/h3,5,7,9-10,15,21H,4,6,8H2,1-2H3/t15-/m1/s1. The van der Waals surface area contributed by atoms with Crippen molar-refractivity contribution in [1.29, 1.82) is 0 Å². The Hall–Kier alpha value is -2.96. The first-order valence-corrected chi connectivity index (χ1v) is 8.36. The van der Waals surface area contributed by atoms with E-state index < -0.39 is 0 Å². The van der Waals surface area contributed by atoms with Gasteiger partial charge in [0, 0.05) is 36.3 Å². The number of nitrogens with zero attached hydrogens (tertiary/aromatic N) is 4. The van der Waals surface area contributed by atoms with Crippen molar-refractivity contribution in [3.05, 3.63) is 63.5 Å². The third-order valence-electron chi connectivity index (χ3n) is 4.88. The van der Waals surface area contributed by atoms with Crippen LogP contribution in [0.1, 0.15) is 46.2 Å². The number of pyridine rings is 1. The minimum Gasteiger partial charge on any atom is -0.330 e. The number of nitrogens with one attached hydrogen (secondary N) is 1. The Bertz CT molecular complexity index is 1010. The largest absolute Gasteiger partial charge is 0.330 e. The number of aromatic nitrogens is 4. The SMILES string of the molecule is Cc1nc2cc([C@H]3CCCN3C(=O)c3cccnc3)[nH]n2c(=O)c1C. The maximum absolute atomic E-state index is 12.8. The Morgan fingerprint density at radius 3 is 2.96 bits per heavy atom. The van der Waals surface area contributed by atoms with Gasteiger partial charge in [-0.3, -0.25) is 19.7 Å². The van der Waals surface area contributed by atoms with E-state index in [1.165, 1.54) is 4.52 Å². The van der Waals surface area contributed by atoms with Crippen molar-refractivity contribution in [1.82, 2.24) is 24.5 Å². The minimum atomic E-state index is -0.100. The van der Waals surface area contributed by atoms with Gasteiger partial charge in [-0.05, 0) is 38.8 Å². The van der Waals surface area contributed by atoms with Crippen LogP contribution in [0.4, 0.5) is 0 Å². The highest BCUT2D eigenvalue weighted by molar-refractivity contribution is 5.94. The Kier molecular flexibility index (Phi) is 3.63. The van der Waals surface area contributed by atoms with Gasteiger partial charge in [0.1, 0.15) is 0 Å². The zero-order chi connectivity index (χ0) is 17.6. The maximum atomic E-state index is 12.8. The summed E-state index contributed by atoms with van der Waals surface area (Å²) in [6.45, 7) is 4.29. The fourth-order valence-corrected chi connectivity index (χ4v) is 3.40. The van der Waals surface area contributed by atoms with Crippen LogP contribution in [0.25, 0.3) is 5.65 Å². The van der Waals surface area contributed by atoms with Crippen LogP contribution in [-0.4, -0.2) is 36.9 Å². The zero-order valence-electron chi connectivity index (χ0n) is 14.2. The number of carbonyl (C=O) groups is 1. The van der Waals surface area contributed by atoms with Crippen molar-refractivity contribution in [2.75, 3.05) is 6.54 Å². The van der Waals surface area contributed by atoms with Gasteiger partial charge >= 0.3 is 0 Å². The molecule has 0 saturated carbocycles. The number of hydrogen-bond acceptors (Lipinski definition) is 4. The molecule has 0 aromatic carbocycles. The van der Waals surface area contributed by atoms with Crippen molar-refractivity contribution < 1.29 is 4.79 Å². The van der Waals surface area contributed by atoms with Gasteiger partial charge in [-0.15, -0.1) is 0 Å². The van der Waals surface area contributed by atoms with Crippen LogP contribution in [0, 0.1) is 13.8 Å². The van der Waals surface area contributed by atoms with E-state index in [9.17, 15) is 9.59 Å². The molecule has 25 heavy (non-hydrogen) atoms. The number of rotatable bonds is 2. The minimum absolute atomic E-state index is 0.0399. The highest BCUT2D eigenvalue weighted by Crippen LogP contribution is 2.32. The van der Waals surface area contributed by atoms with Crippen molar-refractivity contribution in [3.8, 4) is 0 Å². The summed E-state index contributed by atoms with van der Waals surface area (Å²) >= 11 is 0. The third-order valence-corrected chi connectivity index (χ3v) is 4.88. The predicted molar refractivity (Wildman–Crippen MR) is 92.5 cm³/mol. The average molecular weight is 337 g/mol. The summed E-state index contributed by atoms with van der Waals surface area (Å²) in [5, 5.41) is 3.14.